The van der Waals surface area contributed by atoms with E-state index in [9.17, 15) is 21.2 Å². The van der Waals surface area contributed by atoms with Crippen LogP contribution in [-0.2, 0) is 20.0 Å². The third-order valence-corrected chi connectivity index (χ3v) is 8.10. The Balaban J connectivity index is 1.74. The number of rotatable bonds is 4. The lowest BCUT2D eigenvalue weighted by molar-refractivity contribution is 0.273. The molecule has 0 aromatic heterocycles. The first kappa shape index (κ1) is 19.4. The van der Waals surface area contributed by atoms with Gasteiger partial charge in [0.15, 0.2) is 0 Å². The molecule has 3 rings (SSSR count). The average Bonchev–Trinajstić information content (AvgIpc) is 2.68. The van der Waals surface area contributed by atoms with Gasteiger partial charge in [0.05, 0.1) is 21.4 Å². The number of hydrogen-bond acceptors (Lipinski definition) is 5. The molecule has 7 nitrogen and oxygen atoms in total. The molecule has 0 amide bonds. The molecule has 0 atom stereocenters. The van der Waals surface area contributed by atoms with Crippen molar-refractivity contribution in [3.05, 3.63) is 59.9 Å². The smallest absolute Gasteiger partial charge is 0.207 e. The zero-order valence-electron chi connectivity index (χ0n) is 14.1. The van der Waals surface area contributed by atoms with Crippen molar-refractivity contribution in [2.24, 2.45) is 0 Å². The first-order valence-corrected chi connectivity index (χ1v) is 10.9. The molecule has 1 aliphatic heterocycles. The van der Waals surface area contributed by atoms with Gasteiger partial charge in [-0.2, -0.15) is 13.9 Å². The van der Waals surface area contributed by atoms with Gasteiger partial charge in [-0.25, -0.2) is 21.2 Å². The summed E-state index contributed by atoms with van der Waals surface area (Å²) in [6.45, 7) is -0.00401. The average molecular weight is 409 g/mol. The predicted molar refractivity (Wildman–Crippen MR) is 95.1 cm³/mol. The van der Waals surface area contributed by atoms with E-state index in [1.54, 1.807) is 0 Å². The molecule has 2 aromatic carbocycles. The van der Waals surface area contributed by atoms with Gasteiger partial charge in [0.2, 0.25) is 20.0 Å². The highest BCUT2D eigenvalue weighted by Crippen LogP contribution is 2.22. The summed E-state index contributed by atoms with van der Waals surface area (Å²) in [6, 6.07) is 12.0. The SMILES string of the molecule is N#Cc1ccc(S(=O)(=O)N2CCN(S(=O)(=O)c3ccc(F)cc3)CC2)cc1. The lowest BCUT2D eigenvalue weighted by Crippen LogP contribution is -2.50. The van der Waals surface area contributed by atoms with Crippen LogP contribution in [0.5, 0.6) is 0 Å². The maximum atomic E-state index is 13.0. The van der Waals surface area contributed by atoms with Crippen molar-refractivity contribution in [3.8, 4) is 6.07 Å². The molecule has 0 spiro atoms. The second kappa shape index (κ2) is 7.36. The molecule has 0 N–H and O–H groups in total. The quantitative estimate of drug-likeness (QED) is 0.760. The van der Waals surface area contributed by atoms with Crippen molar-refractivity contribution >= 4 is 20.0 Å². The molecule has 1 aliphatic rings. The summed E-state index contributed by atoms with van der Waals surface area (Å²) in [6.07, 6.45) is 0. The molecule has 1 saturated heterocycles. The summed E-state index contributed by atoms with van der Waals surface area (Å²) >= 11 is 0. The predicted octanol–water partition coefficient (Wildman–Crippen LogP) is 1.39. The molecule has 0 aliphatic carbocycles. The number of hydrogen-bond donors (Lipinski definition) is 0. The molecule has 0 bridgehead atoms. The van der Waals surface area contributed by atoms with Gasteiger partial charge in [0, 0.05) is 26.2 Å². The highest BCUT2D eigenvalue weighted by molar-refractivity contribution is 7.89. The molecule has 0 radical (unpaired) electrons. The number of benzene rings is 2. The van der Waals surface area contributed by atoms with Crippen LogP contribution >= 0.6 is 0 Å². The van der Waals surface area contributed by atoms with Gasteiger partial charge in [-0.05, 0) is 48.5 Å². The number of piperazine rings is 1. The van der Waals surface area contributed by atoms with E-state index in [0.717, 1.165) is 12.1 Å². The van der Waals surface area contributed by atoms with Gasteiger partial charge < -0.3 is 0 Å². The first-order valence-electron chi connectivity index (χ1n) is 8.01. The zero-order valence-corrected chi connectivity index (χ0v) is 15.7. The van der Waals surface area contributed by atoms with Crippen LogP contribution in [0, 0.1) is 17.1 Å². The molecule has 1 heterocycles. The van der Waals surface area contributed by atoms with Crippen molar-refractivity contribution < 1.29 is 21.2 Å². The Labute approximate surface area is 157 Å². The van der Waals surface area contributed by atoms with Crippen LogP contribution in [0.25, 0.3) is 0 Å². The van der Waals surface area contributed by atoms with E-state index in [-0.39, 0.29) is 36.0 Å². The fourth-order valence-electron chi connectivity index (χ4n) is 2.76. The summed E-state index contributed by atoms with van der Waals surface area (Å²) in [5.41, 5.74) is 0.351. The van der Waals surface area contributed by atoms with E-state index in [1.807, 2.05) is 6.07 Å². The standard InChI is InChI=1S/C17H16FN3O4S2/c18-15-3-7-17(8-4-15)27(24,25)21-11-9-20(10-12-21)26(22,23)16-5-1-14(13-19)2-6-16/h1-8H,9-12H2. The number of nitrogens with zero attached hydrogens (tertiary/aromatic N) is 3. The molecule has 0 unspecified atom stereocenters. The second-order valence-electron chi connectivity index (χ2n) is 5.90. The van der Waals surface area contributed by atoms with Crippen LogP contribution in [-0.4, -0.2) is 51.6 Å². The number of sulfonamides is 2. The Hall–Kier alpha value is -2.32. The molecule has 27 heavy (non-hydrogen) atoms. The fraction of sp³-hybridized carbons (Fsp3) is 0.235. The van der Waals surface area contributed by atoms with E-state index in [0.29, 0.717) is 5.56 Å². The minimum atomic E-state index is -3.81. The Kier molecular flexibility index (Phi) is 5.30. The number of nitriles is 1. The van der Waals surface area contributed by atoms with E-state index < -0.39 is 25.9 Å². The zero-order chi connectivity index (χ0) is 19.7. The fourth-order valence-corrected chi connectivity index (χ4v) is 5.60. The molecule has 0 saturated carbocycles. The largest absolute Gasteiger partial charge is 0.243 e. The monoisotopic (exact) mass is 409 g/mol. The third kappa shape index (κ3) is 3.86. The highest BCUT2D eigenvalue weighted by Gasteiger charge is 2.33. The maximum absolute atomic E-state index is 13.0. The minimum absolute atomic E-state index is 0.00274. The van der Waals surface area contributed by atoms with Crippen LogP contribution in [0.15, 0.2) is 58.3 Å². The van der Waals surface area contributed by atoms with E-state index in [4.69, 9.17) is 5.26 Å². The molecular formula is C17H16FN3O4S2. The Bertz CT molecular complexity index is 1070. The summed E-state index contributed by atoms with van der Waals surface area (Å²) in [4.78, 5) is 0.0173. The second-order valence-corrected chi connectivity index (χ2v) is 9.77. The van der Waals surface area contributed by atoms with Crippen molar-refractivity contribution in [1.29, 1.82) is 5.26 Å². The van der Waals surface area contributed by atoms with Crippen molar-refractivity contribution in [3.63, 3.8) is 0 Å². The Morgan fingerprint density at radius 2 is 1.11 bits per heavy atom. The summed E-state index contributed by atoms with van der Waals surface area (Å²) in [5, 5.41) is 8.80. The molecule has 10 heteroatoms. The van der Waals surface area contributed by atoms with Crippen LogP contribution in [0.2, 0.25) is 0 Å². The van der Waals surface area contributed by atoms with Gasteiger partial charge >= 0.3 is 0 Å². The number of halogens is 1. The lowest BCUT2D eigenvalue weighted by Gasteiger charge is -2.33. The summed E-state index contributed by atoms with van der Waals surface area (Å²) < 4.78 is 66.0. The molecule has 142 valence electrons. The minimum Gasteiger partial charge on any atom is -0.207 e. The molecule has 2 aromatic rings. The highest BCUT2D eigenvalue weighted by atomic mass is 32.2. The third-order valence-electron chi connectivity index (χ3n) is 4.27. The summed E-state index contributed by atoms with van der Waals surface area (Å²) in [5.74, 6) is -0.535. The topological polar surface area (TPSA) is 98.5 Å². The van der Waals surface area contributed by atoms with Crippen LogP contribution in [0.4, 0.5) is 4.39 Å². The maximum Gasteiger partial charge on any atom is 0.243 e. The Morgan fingerprint density at radius 3 is 1.48 bits per heavy atom. The van der Waals surface area contributed by atoms with E-state index >= 15 is 0 Å². The molecule has 1 fully saturated rings. The summed E-state index contributed by atoms with van der Waals surface area (Å²) in [7, 11) is -7.59. The van der Waals surface area contributed by atoms with Crippen LogP contribution in [0.3, 0.4) is 0 Å². The normalized spacial score (nSPS) is 16.7. The van der Waals surface area contributed by atoms with Gasteiger partial charge in [-0.3, -0.25) is 0 Å². The van der Waals surface area contributed by atoms with Crippen molar-refractivity contribution in [1.82, 2.24) is 8.61 Å². The van der Waals surface area contributed by atoms with Crippen LogP contribution in [0.1, 0.15) is 5.56 Å². The van der Waals surface area contributed by atoms with E-state index in [2.05, 4.69) is 0 Å². The van der Waals surface area contributed by atoms with E-state index in [1.165, 1.54) is 45.0 Å². The Morgan fingerprint density at radius 1 is 0.741 bits per heavy atom. The molecular weight excluding hydrogens is 393 g/mol. The van der Waals surface area contributed by atoms with Gasteiger partial charge in [0.25, 0.3) is 0 Å². The van der Waals surface area contributed by atoms with Gasteiger partial charge in [-0.1, -0.05) is 0 Å². The van der Waals surface area contributed by atoms with Crippen molar-refractivity contribution in [2.45, 2.75) is 9.79 Å². The van der Waals surface area contributed by atoms with Crippen molar-refractivity contribution in [2.75, 3.05) is 26.2 Å². The van der Waals surface area contributed by atoms with Gasteiger partial charge in [0.1, 0.15) is 5.82 Å². The lowest BCUT2D eigenvalue weighted by atomic mass is 10.2. The van der Waals surface area contributed by atoms with Gasteiger partial charge in [-0.15, -0.1) is 0 Å². The first-order chi connectivity index (χ1) is 12.7. The van der Waals surface area contributed by atoms with Crippen LogP contribution < -0.4 is 0 Å².